The summed E-state index contributed by atoms with van der Waals surface area (Å²) in [6.45, 7) is 0.905. The Bertz CT molecular complexity index is 2410. The van der Waals surface area contributed by atoms with E-state index in [0.29, 0.717) is 0 Å². The highest BCUT2D eigenvalue weighted by atomic mass is 79.9. The van der Waals surface area contributed by atoms with Crippen molar-refractivity contribution in [3.05, 3.63) is 182 Å². The van der Waals surface area contributed by atoms with Crippen molar-refractivity contribution in [2.24, 2.45) is 0 Å². The Balaban J connectivity index is 0.000000569. The molecule has 6 aromatic rings. The number of hydrogen-bond acceptors (Lipinski definition) is 0. The number of alkyl halides is 24. The van der Waals surface area contributed by atoms with Gasteiger partial charge in [0.2, 0.25) is 0 Å². The van der Waals surface area contributed by atoms with E-state index < -0.39 is 195 Å². The first-order chi connectivity index (χ1) is 32.1. The Kier molecular flexibility index (Phi) is 15.2. The third-order valence-corrected chi connectivity index (χ3v) is 11.3. The molecular weight excluding hydrogens is 1090 g/mol. The lowest BCUT2D eigenvalue weighted by molar-refractivity contribution is -0.688. The molecule has 0 aliphatic rings. The van der Waals surface area contributed by atoms with Crippen LogP contribution in [0.15, 0.2) is 132 Å². The number of hydrogen-bond donors (Lipinski definition) is 0. The summed E-state index contributed by atoms with van der Waals surface area (Å²) >= 11 is 3.54. The van der Waals surface area contributed by atoms with Crippen molar-refractivity contribution in [1.82, 2.24) is 0 Å². The fraction of sp³-hybridized carbons (Fsp3) is 0.205. The molecule has 1 nitrogen and oxygen atoms in total. The quantitative estimate of drug-likeness (QED) is 0.0889. The van der Waals surface area contributed by atoms with Crippen molar-refractivity contribution < 1.29 is 110 Å². The van der Waals surface area contributed by atoms with Crippen molar-refractivity contribution in [3.63, 3.8) is 0 Å². The van der Waals surface area contributed by atoms with E-state index in [2.05, 4.69) is 51.1 Å². The van der Waals surface area contributed by atoms with Gasteiger partial charge in [0.15, 0.2) is 18.9 Å². The molecule has 0 unspecified atom stereocenters. The Morgan fingerprint density at radius 3 is 0.746 bits per heavy atom. The van der Waals surface area contributed by atoms with E-state index in [9.17, 15) is 105 Å². The maximum atomic E-state index is 14.2. The largest absolute Gasteiger partial charge is 0.416 e. The van der Waals surface area contributed by atoms with E-state index in [-0.39, 0.29) is 0 Å². The fourth-order valence-corrected chi connectivity index (χ4v) is 7.84. The monoisotopic (exact) mass is 1110 g/mol. The number of aromatic nitrogens is 1. The molecule has 0 N–H and O–H groups in total. The Hall–Kier alpha value is -5.89. The van der Waals surface area contributed by atoms with E-state index in [1.54, 1.807) is 0 Å². The molecule has 0 atom stereocenters. The molecule has 382 valence electrons. The summed E-state index contributed by atoms with van der Waals surface area (Å²) in [7, 11) is 0. The van der Waals surface area contributed by atoms with Crippen molar-refractivity contribution in [2.75, 3.05) is 0 Å². The molecule has 71 heavy (non-hydrogen) atoms. The van der Waals surface area contributed by atoms with Crippen molar-refractivity contribution >= 4 is 43.9 Å². The molecular formula is C44H23BBrF24N. The van der Waals surface area contributed by atoms with Gasteiger partial charge in [-0.3, -0.25) is 0 Å². The minimum Gasteiger partial charge on any atom is -0.201 e. The highest BCUT2D eigenvalue weighted by Crippen LogP contribution is 2.41. The predicted octanol–water partition coefficient (Wildman–Crippen LogP) is 14.0. The molecule has 6 rings (SSSR count). The lowest BCUT2D eigenvalue weighted by Crippen LogP contribution is -2.75. The van der Waals surface area contributed by atoms with Gasteiger partial charge in [-0.25, -0.2) is 4.57 Å². The third kappa shape index (κ3) is 13.2. The standard InChI is InChI=1S/C32H12BF24.C12H11BrN/c34-25(35,36)13-1-14(26(37,38)39)6-21(5-13)33(22-7-15(27(40,41)42)2-16(8-22)28(43,44)45,23-9-17(29(46,47)48)3-18(10-23)30(49,50)51)24-11-19(31(52,53)54)4-20(12-24)32(55,56)57;13-12-7-3-2-6-11(12)10-14-8-4-1-5-9-14/h1-12H;1-9H,10H2/q-1;+1. The molecule has 0 aliphatic heterocycles. The first-order valence-corrected chi connectivity index (χ1v) is 19.9. The van der Waals surface area contributed by atoms with Gasteiger partial charge in [-0.15, -0.1) is 0 Å². The molecule has 0 saturated carbocycles. The van der Waals surface area contributed by atoms with Crippen LogP contribution in [-0.2, 0) is 56.0 Å². The molecule has 0 spiro atoms. The van der Waals surface area contributed by atoms with Crippen LogP contribution in [0.2, 0.25) is 0 Å². The topological polar surface area (TPSA) is 3.88 Å². The van der Waals surface area contributed by atoms with Crippen LogP contribution >= 0.6 is 15.9 Å². The number of nitrogens with zero attached hydrogens (tertiary/aromatic N) is 1. The van der Waals surface area contributed by atoms with Gasteiger partial charge >= 0.3 is 49.4 Å². The van der Waals surface area contributed by atoms with E-state index >= 15 is 0 Å². The summed E-state index contributed by atoms with van der Waals surface area (Å²) in [4.78, 5) is 0. The predicted molar refractivity (Wildman–Crippen MR) is 210 cm³/mol. The number of halogens is 25. The molecule has 0 saturated heterocycles. The molecule has 0 amide bonds. The van der Waals surface area contributed by atoms with Crippen LogP contribution < -0.4 is 26.4 Å². The number of pyridine rings is 1. The highest BCUT2D eigenvalue weighted by molar-refractivity contribution is 9.10. The van der Waals surface area contributed by atoms with Crippen LogP contribution in [0.4, 0.5) is 105 Å². The molecule has 27 heteroatoms. The molecule has 0 aliphatic carbocycles. The lowest BCUT2D eigenvalue weighted by Gasteiger charge is -2.46. The molecule has 0 radical (unpaired) electrons. The average Bonchev–Trinajstić information content (AvgIpc) is 3.22. The molecule has 1 heterocycles. The summed E-state index contributed by atoms with van der Waals surface area (Å²) in [5.74, 6) is 0. The van der Waals surface area contributed by atoms with Gasteiger partial charge in [-0.1, -0.05) is 88.7 Å². The lowest BCUT2D eigenvalue weighted by atomic mass is 9.12. The van der Waals surface area contributed by atoms with Crippen LogP contribution in [0.3, 0.4) is 0 Å². The number of rotatable bonds is 6. The minimum absolute atomic E-state index is 0.691. The molecule has 0 fully saturated rings. The zero-order valence-corrected chi connectivity index (χ0v) is 35.9. The second-order valence-electron chi connectivity index (χ2n) is 15.4. The highest BCUT2D eigenvalue weighted by Gasteiger charge is 2.47. The second-order valence-corrected chi connectivity index (χ2v) is 16.2. The zero-order chi connectivity index (χ0) is 53.7. The van der Waals surface area contributed by atoms with Crippen molar-refractivity contribution in [3.8, 4) is 0 Å². The van der Waals surface area contributed by atoms with E-state index in [1.165, 1.54) is 5.56 Å². The van der Waals surface area contributed by atoms with Gasteiger partial charge in [0, 0.05) is 22.2 Å². The zero-order valence-electron chi connectivity index (χ0n) is 34.3. The fourth-order valence-electron chi connectivity index (χ4n) is 7.43. The smallest absolute Gasteiger partial charge is 0.201 e. The summed E-state index contributed by atoms with van der Waals surface area (Å²) in [5, 5.41) is 0. The first-order valence-electron chi connectivity index (χ1n) is 19.2. The van der Waals surface area contributed by atoms with Crippen LogP contribution in [0.1, 0.15) is 50.1 Å². The molecule has 5 aromatic carbocycles. The molecule has 0 bridgehead atoms. The second kappa shape index (κ2) is 19.3. The van der Waals surface area contributed by atoms with Gasteiger partial charge in [0.25, 0.3) is 0 Å². The number of benzene rings is 5. The minimum atomic E-state index is -6.13. The summed E-state index contributed by atoms with van der Waals surface area (Å²) in [6.07, 6.45) is -50.7. The van der Waals surface area contributed by atoms with Gasteiger partial charge in [0.05, 0.1) is 44.5 Å². The summed E-state index contributed by atoms with van der Waals surface area (Å²) in [5.41, 5.74) is -28.9. The summed E-state index contributed by atoms with van der Waals surface area (Å²) in [6, 6.07) is 5.58. The van der Waals surface area contributed by atoms with Gasteiger partial charge in [-0.05, 0) is 30.3 Å². The maximum Gasteiger partial charge on any atom is 0.416 e. The maximum absolute atomic E-state index is 14.2. The van der Waals surface area contributed by atoms with Crippen molar-refractivity contribution in [1.29, 1.82) is 0 Å². The van der Waals surface area contributed by atoms with Gasteiger partial charge in [-0.2, -0.15) is 127 Å². The Morgan fingerprint density at radius 2 is 0.535 bits per heavy atom. The van der Waals surface area contributed by atoms with Crippen LogP contribution in [0.5, 0.6) is 0 Å². The van der Waals surface area contributed by atoms with Crippen molar-refractivity contribution in [2.45, 2.75) is 56.0 Å². The normalized spacial score (nSPS) is 13.5. The third-order valence-electron chi connectivity index (χ3n) is 10.5. The van der Waals surface area contributed by atoms with E-state index in [1.807, 2.05) is 24.3 Å². The molecule has 1 aromatic heterocycles. The first kappa shape index (κ1) is 56.0. The Labute approximate surface area is 391 Å². The van der Waals surface area contributed by atoms with E-state index in [4.69, 9.17) is 0 Å². The Morgan fingerprint density at radius 1 is 0.310 bits per heavy atom. The van der Waals surface area contributed by atoms with Crippen LogP contribution in [-0.4, -0.2) is 6.15 Å². The van der Waals surface area contributed by atoms with Gasteiger partial charge in [0.1, 0.15) is 6.15 Å². The van der Waals surface area contributed by atoms with Gasteiger partial charge < -0.3 is 0 Å². The SMILES string of the molecule is Brc1ccccc1C[n+]1ccccc1.FC(F)(F)c1cc([B-](c2cc(C(F)(F)F)cc(C(F)(F)F)c2)(c2cc(C(F)(F)F)cc(C(F)(F)F)c2)c2cc(C(F)(F)F)cc(C(F)(F)F)c2)cc(C(F)(F)F)c1. The summed E-state index contributed by atoms with van der Waals surface area (Å²) < 4.78 is 344. The average molecular weight is 1110 g/mol. The van der Waals surface area contributed by atoms with Crippen LogP contribution in [0.25, 0.3) is 0 Å². The van der Waals surface area contributed by atoms with E-state index in [0.717, 1.165) is 11.0 Å². The van der Waals surface area contributed by atoms with Crippen LogP contribution in [0, 0.1) is 0 Å².